The van der Waals surface area contributed by atoms with Crippen molar-refractivity contribution in [3.63, 3.8) is 0 Å². The summed E-state index contributed by atoms with van der Waals surface area (Å²) < 4.78 is 19.2. The molecule has 4 rings (SSSR count). The van der Waals surface area contributed by atoms with Crippen LogP contribution in [0.3, 0.4) is 0 Å². The van der Waals surface area contributed by atoms with Crippen molar-refractivity contribution in [3.8, 4) is 0 Å². The van der Waals surface area contributed by atoms with Gasteiger partial charge in [0.1, 0.15) is 11.4 Å². The molecule has 0 unspecified atom stereocenters. The molecule has 29 heavy (non-hydrogen) atoms. The minimum atomic E-state index is -0.855. The van der Waals surface area contributed by atoms with Crippen molar-refractivity contribution in [1.29, 1.82) is 0 Å². The van der Waals surface area contributed by atoms with Crippen molar-refractivity contribution in [2.45, 2.75) is 63.6 Å². The van der Waals surface area contributed by atoms with Gasteiger partial charge in [0.05, 0.1) is 0 Å². The van der Waals surface area contributed by atoms with Gasteiger partial charge < -0.3 is 14.5 Å². The third kappa shape index (κ3) is 3.79. The second-order valence-electron chi connectivity index (χ2n) is 9.34. The number of carbonyl (C=O) groups excluding carboxylic acids is 2. The second-order valence-corrected chi connectivity index (χ2v) is 9.34. The summed E-state index contributed by atoms with van der Waals surface area (Å²) in [5.74, 6) is 0.481. The molecule has 2 amide bonds. The molecule has 3 aliphatic rings. The molecule has 0 aromatic heterocycles. The smallest absolute Gasteiger partial charge is 0.254 e. The van der Waals surface area contributed by atoms with Gasteiger partial charge in [-0.25, -0.2) is 4.39 Å². The van der Waals surface area contributed by atoms with E-state index in [0.717, 1.165) is 24.8 Å². The molecule has 0 N–H and O–H groups in total. The van der Waals surface area contributed by atoms with Gasteiger partial charge >= 0.3 is 0 Å². The minimum absolute atomic E-state index is 0.00658. The van der Waals surface area contributed by atoms with Gasteiger partial charge in [0.2, 0.25) is 5.91 Å². The number of hydrogen-bond acceptors (Lipinski definition) is 3. The third-order valence-corrected chi connectivity index (χ3v) is 7.14. The van der Waals surface area contributed by atoms with Crippen molar-refractivity contribution in [3.05, 3.63) is 35.6 Å². The number of rotatable bonds is 4. The van der Waals surface area contributed by atoms with Crippen LogP contribution >= 0.6 is 0 Å². The molecule has 6 heteroatoms. The molecular formula is C23H31FN2O3. The van der Waals surface area contributed by atoms with Crippen LogP contribution in [-0.4, -0.2) is 59.5 Å². The normalized spacial score (nSPS) is 29.6. The predicted octanol–water partition coefficient (Wildman–Crippen LogP) is 3.02. The van der Waals surface area contributed by atoms with E-state index in [2.05, 4.69) is 4.90 Å². The maximum absolute atomic E-state index is 13.8. The van der Waals surface area contributed by atoms with Crippen LogP contribution < -0.4 is 0 Å². The van der Waals surface area contributed by atoms with Crippen molar-refractivity contribution in [2.24, 2.45) is 11.8 Å². The summed E-state index contributed by atoms with van der Waals surface area (Å²) in [6, 6.07) is 6.85. The molecule has 0 saturated carbocycles. The lowest BCUT2D eigenvalue weighted by atomic mass is 9.70. The molecule has 3 saturated heterocycles. The molecule has 0 radical (unpaired) electrons. The Labute approximate surface area is 172 Å². The second kappa shape index (κ2) is 7.71. The van der Waals surface area contributed by atoms with E-state index in [-0.39, 0.29) is 35.6 Å². The van der Waals surface area contributed by atoms with Gasteiger partial charge in [0.25, 0.3) is 5.91 Å². The Morgan fingerprint density at radius 3 is 2.76 bits per heavy atom. The number of fused-ring (bicyclic) bond motifs is 4. The largest absolute Gasteiger partial charge is 0.369 e. The molecule has 1 aromatic carbocycles. The van der Waals surface area contributed by atoms with E-state index < -0.39 is 5.60 Å². The van der Waals surface area contributed by atoms with Crippen molar-refractivity contribution < 1.29 is 18.7 Å². The van der Waals surface area contributed by atoms with Crippen LogP contribution in [0.4, 0.5) is 4.39 Å². The maximum atomic E-state index is 13.8. The summed E-state index contributed by atoms with van der Waals surface area (Å²) in [6.07, 6.45) is 4.14. The van der Waals surface area contributed by atoms with E-state index in [4.69, 9.17) is 4.74 Å². The predicted molar refractivity (Wildman–Crippen MR) is 108 cm³/mol. The minimum Gasteiger partial charge on any atom is -0.369 e. The van der Waals surface area contributed by atoms with E-state index >= 15 is 0 Å². The fraction of sp³-hybridized carbons (Fsp3) is 0.652. The van der Waals surface area contributed by atoms with Crippen molar-refractivity contribution >= 4 is 11.8 Å². The summed E-state index contributed by atoms with van der Waals surface area (Å²) >= 11 is 0. The Morgan fingerprint density at radius 1 is 1.28 bits per heavy atom. The van der Waals surface area contributed by atoms with Gasteiger partial charge in [-0.3, -0.25) is 9.59 Å². The summed E-state index contributed by atoms with van der Waals surface area (Å²) in [6.45, 7) is 4.92. The SMILES string of the molecule is COC(C)(C)C(=O)N1C[C@H]2C[C@@H](C1)[C@H](Cc1cccc(F)c1)N1C(=O)CCC[C@@H]21. The van der Waals surface area contributed by atoms with E-state index in [9.17, 15) is 14.0 Å². The highest BCUT2D eigenvalue weighted by atomic mass is 19.1. The number of methoxy groups -OCH3 is 1. The lowest BCUT2D eigenvalue weighted by Crippen LogP contribution is -2.67. The number of nitrogens with zero attached hydrogens (tertiary/aromatic N) is 2. The molecule has 2 bridgehead atoms. The third-order valence-electron chi connectivity index (χ3n) is 7.14. The number of hydrogen-bond donors (Lipinski definition) is 0. The number of benzene rings is 1. The molecule has 3 heterocycles. The van der Waals surface area contributed by atoms with E-state index in [1.165, 1.54) is 6.07 Å². The molecule has 158 valence electrons. The maximum Gasteiger partial charge on any atom is 0.254 e. The van der Waals surface area contributed by atoms with Crippen molar-refractivity contribution in [2.75, 3.05) is 20.2 Å². The van der Waals surface area contributed by atoms with Gasteiger partial charge in [0, 0.05) is 38.7 Å². The van der Waals surface area contributed by atoms with E-state index in [0.29, 0.717) is 31.8 Å². The highest BCUT2D eigenvalue weighted by Gasteiger charge is 2.51. The average molecular weight is 403 g/mol. The zero-order valence-electron chi connectivity index (χ0n) is 17.6. The highest BCUT2D eigenvalue weighted by Crippen LogP contribution is 2.43. The zero-order chi connectivity index (χ0) is 20.8. The lowest BCUT2D eigenvalue weighted by Gasteiger charge is -2.57. The van der Waals surface area contributed by atoms with Gasteiger partial charge in [0.15, 0.2) is 0 Å². The van der Waals surface area contributed by atoms with Gasteiger partial charge in [-0.05, 0) is 69.1 Å². The Morgan fingerprint density at radius 2 is 2.03 bits per heavy atom. The number of piperidine rings is 3. The molecular weight excluding hydrogens is 371 g/mol. The Hall–Kier alpha value is -1.95. The molecule has 5 nitrogen and oxygen atoms in total. The number of likely N-dealkylation sites (tertiary alicyclic amines) is 1. The van der Waals surface area contributed by atoms with Gasteiger partial charge in [-0.15, -0.1) is 0 Å². The average Bonchev–Trinajstić information content (AvgIpc) is 2.70. The topological polar surface area (TPSA) is 49.9 Å². The fourth-order valence-electron chi connectivity index (χ4n) is 5.58. The lowest BCUT2D eigenvalue weighted by molar-refractivity contribution is -0.164. The Balaban J connectivity index is 1.63. The standard InChI is InChI=1S/C23H31FN2O3/c1-23(2,29-3)22(28)25-13-16-12-17(14-25)20(11-15-6-4-7-18(24)10-15)26-19(16)8-5-9-21(26)27/h4,6-7,10,16-17,19-20H,5,8-9,11-14H2,1-3H3/t16-,17+,19+,20+/m1/s1. The fourth-order valence-corrected chi connectivity index (χ4v) is 5.58. The van der Waals surface area contributed by atoms with Crippen LogP contribution in [0.25, 0.3) is 0 Å². The first-order valence-electron chi connectivity index (χ1n) is 10.7. The first-order valence-corrected chi connectivity index (χ1v) is 10.7. The highest BCUT2D eigenvalue weighted by molar-refractivity contribution is 5.84. The summed E-state index contributed by atoms with van der Waals surface area (Å²) in [7, 11) is 1.57. The summed E-state index contributed by atoms with van der Waals surface area (Å²) in [5, 5.41) is 0. The number of carbonyl (C=O) groups is 2. The molecule has 0 aliphatic carbocycles. The first kappa shape index (κ1) is 20.3. The molecule has 0 spiro atoms. The number of amides is 2. The van der Waals surface area contributed by atoms with Gasteiger partial charge in [-0.1, -0.05) is 12.1 Å². The van der Waals surface area contributed by atoms with E-state index in [1.807, 2.05) is 11.0 Å². The van der Waals surface area contributed by atoms with E-state index in [1.54, 1.807) is 33.1 Å². The van der Waals surface area contributed by atoms with Crippen LogP contribution in [-0.2, 0) is 20.7 Å². The molecule has 3 fully saturated rings. The molecule has 4 atom stereocenters. The van der Waals surface area contributed by atoms with Crippen LogP contribution in [0.5, 0.6) is 0 Å². The van der Waals surface area contributed by atoms with Crippen LogP contribution in [0.2, 0.25) is 0 Å². The van der Waals surface area contributed by atoms with Crippen LogP contribution in [0.15, 0.2) is 24.3 Å². The monoisotopic (exact) mass is 402 g/mol. The van der Waals surface area contributed by atoms with Gasteiger partial charge in [-0.2, -0.15) is 0 Å². The summed E-state index contributed by atoms with van der Waals surface area (Å²) in [5.41, 5.74) is 0.0532. The molecule has 3 aliphatic heterocycles. The zero-order valence-corrected chi connectivity index (χ0v) is 17.6. The van der Waals surface area contributed by atoms with Crippen LogP contribution in [0, 0.1) is 17.7 Å². The summed E-state index contributed by atoms with van der Waals surface area (Å²) in [4.78, 5) is 30.0. The number of ether oxygens (including phenoxy) is 1. The molecule has 1 aromatic rings. The quantitative estimate of drug-likeness (QED) is 0.778. The Kier molecular flexibility index (Phi) is 5.40. The van der Waals surface area contributed by atoms with Crippen LogP contribution in [0.1, 0.15) is 45.1 Å². The first-order chi connectivity index (χ1) is 13.8. The Bertz CT molecular complexity index is 796. The number of halogens is 1. The van der Waals surface area contributed by atoms with Crippen molar-refractivity contribution in [1.82, 2.24) is 9.80 Å².